The normalized spacial score (nSPS) is 15.1. The summed E-state index contributed by atoms with van der Waals surface area (Å²) in [5, 5.41) is 2.37. The Morgan fingerprint density at radius 1 is 1.00 bits per heavy atom. The van der Waals surface area contributed by atoms with Gasteiger partial charge >= 0.3 is 0 Å². The molecule has 32 heavy (non-hydrogen) atoms. The fourth-order valence-corrected chi connectivity index (χ4v) is 4.95. The Labute approximate surface area is 198 Å². The minimum absolute atomic E-state index is 0.0314. The Balaban J connectivity index is 1.56. The number of carbonyl (C=O) groups excluding carboxylic acids is 1. The number of thioether (sulfide) groups is 1. The second kappa shape index (κ2) is 10.2. The molecule has 0 unspecified atom stereocenters. The van der Waals surface area contributed by atoms with E-state index in [-0.39, 0.29) is 5.91 Å². The van der Waals surface area contributed by atoms with Gasteiger partial charge in [0.25, 0.3) is 5.91 Å². The van der Waals surface area contributed by atoms with Gasteiger partial charge in [0.1, 0.15) is 10.9 Å². The van der Waals surface area contributed by atoms with Crippen molar-refractivity contribution >= 4 is 51.1 Å². The zero-order chi connectivity index (χ0) is 22.5. The van der Waals surface area contributed by atoms with Crippen LogP contribution in [-0.2, 0) is 11.4 Å². The first-order chi connectivity index (χ1) is 15.6. The molecule has 0 aliphatic carbocycles. The lowest BCUT2D eigenvalue weighted by Gasteiger charge is -2.14. The molecule has 0 atom stereocenters. The molecule has 0 N–H and O–H groups in total. The average molecular weight is 464 g/mol. The van der Waals surface area contributed by atoms with Gasteiger partial charge in [-0.1, -0.05) is 79.4 Å². The van der Waals surface area contributed by atoms with Crippen molar-refractivity contribution in [1.82, 2.24) is 4.90 Å². The first kappa shape index (κ1) is 22.4. The molecular weight excluding hydrogens is 438 g/mol. The molecule has 3 aromatic carbocycles. The molecule has 0 radical (unpaired) electrons. The lowest BCUT2D eigenvalue weighted by molar-refractivity contribution is -0.122. The van der Waals surface area contributed by atoms with Crippen LogP contribution in [0, 0.1) is 0 Å². The standard InChI is InChI=1S/C26H25NO3S2/c1-3-14-27-25(28)24(32-26(27)31)16-18-12-13-22(23(15-18)29-4-2)30-17-20-10-7-9-19-8-5-6-11-21(19)20/h5-13,15-16H,3-4,14,17H2,1-2H3/b24-16-. The quantitative estimate of drug-likeness (QED) is 0.284. The number of rotatable bonds is 8. The van der Waals surface area contributed by atoms with Crippen LogP contribution in [0.1, 0.15) is 31.4 Å². The third-order valence-corrected chi connectivity index (χ3v) is 6.53. The van der Waals surface area contributed by atoms with Gasteiger partial charge in [0.2, 0.25) is 0 Å². The summed E-state index contributed by atoms with van der Waals surface area (Å²) in [6.07, 6.45) is 2.74. The Morgan fingerprint density at radius 2 is 1.81 bits per heavy atom. The molecular formula is C26H25NO3S2. The zero-order valence-corrected chi connectivity index (χ0v) is 19.8. The fourth-order valence-electron chi connectivity index (χ4n) is 3.64. The van der Waals surface area contributed by atoms with Crippen molar-refractivity contribution in [3.63, 3.8) is 0 Å². The van der Waals surface area contributed by atoms with Crippen LogP contribution in [0.5, 0.6) is 11.5 Å². The molecule has 1 aliphatic rings. The summed E-state index contributed by atoms with van der Waals surface area (Å²) >= 11 is 6.71. The van der Waals surface area contributed by atoms with Crippen LogP contribution in [0.15, 0.2) is 65.6 Å². The van der Waals surface area contributed by atoms with E-state index in [0.29, 0.717) is 40.5 Å². The van der Waals surface area contributed by atoms with Crippen molar-refractivity contribution in [1.29, 1.82) is 0 Å². The number of carbonyl (C=O) groups is 1. The van der Waals surface area contributed by atoms with E-state index in [1.54, 1.807) is 4.90 Å². The second-order valence-electron chi connectivity index (χ2n) is 7.40. The van der Waals surface area contributed by atoms with Crippen LogP contribution in [0.2, 0.25) is 0 Å². The average Bonchev–Trinajstić information content (AvgIpc) is 3.06. The number of amides is 1. The lowest BCUT2D eigenvalue weighted by Crippen LogP contribution is -2.28. The van der Waals surface area contributed by atoms with Gasteiger partial charge in [0, 0.05) is 6.54 Å². The molecule has 3 aromatic rings. The fraction of sp³-hybridized carbons (Fsp3) is 0.231. The maximum atomic E-state index is 12.6. The van der Waals surface area contributed by atoms with E-state index < -0.39 is 0 Å². The van der Waals surface area contributed by atoms with Crippen molar-refractivity contribution in [2.45, 2.75) is 26.9 Å². The lowest BCUT2D eigenvalue weighted by atomic mass is 10.1. The van der Waals surface area contributed by atoms with Gasteiger partial charge in [-0.15, -0.1) is 0 Å². The highest BCUT2D eigenvalue weighted by Gasteiger charge is 2.31. The highest BCUT2D eigenvalue weighted by atomic mass is 32.2. The van der Waals surface area contributed by atoms with E-state index >= 15 is 0 Å². The van der Waals surface area contributed by atoms with E-state index in [9.17, 15) is 4.79 Å². The number of thiocarbonyl (C=S) groups is 1. The van der Waals surface area contributed by atoms with Crippen LogP contribution in [-0.4, -0.2) is 28.3 Å². The van der Waals surface area contributed by atoms with Crippen LogP contribution >= 0.6 is 24.0 Å². The van der Waals surface area contributed by atoms with Gasteiger partial charge in [0.15, 0.2) is 11.5 Å². The summed E-state index contributed by atoms with van der Waals surface area (Å²) in [6.45, 7) is 5.58. The SMILES string of the molecule is CCCN1C(=O)/C(=C/c2ccc(OCc3cccc4ccccc34)c(OCC)c2)SC1=S. The third kappa shape index (κ3) is 4.81. The number of nitrogens with zero attached hydrogens (tertiary/aromatic N) is 1. The number of hydrogen-bond donors (Lipinski definition) is 0. The van der Waals surface area contributed by atoms with Gasteiger partial charge in [0.05, 0.1) is 11.5 Å². The molecule has 0 spiro atoms. The summed E-state index contributed by atoms with van der Waals surface area (Å²) in [6, 6.07) is 20.2. The van der Waals surface area contributed by atoms with Crippen molar-refractivity contribution in [2.75, 3.05) is 13.2 Å². The number of fused-ring (bicyclic) bond motifs is 1. The van der Waals surface area contributed by atoms with Gasteiger partial charge in [-0.2, -0.15) is 0 Å². The van der Waals surface area contributed by atoms with Crippen molar-refractivity contribution in [3.8, 4) is 11.5 Å². The Hall–Kier alpha value is -2.83. The highest BCUT2D eigenvalue weighted by Crippen LogP contribution is 2.35. The molecule has 164 valence electrons. The Kier molecular flexibility index (Phi) is 7.12. The van der Waals surface area contributed by atoms with E-state index in [1.165, 1.54) is 22.5 Å². The molecule has 1 fully saturated rings. The third-order valence-electron chi connectivity index (χ3n) is 5.15. The first-order valence-electron chi connectivity index (χ1n) is 10.7. The van der Waals surface area contributed by atoms with Crippen LogP contribution in [0.4, 0.5) is 0 Å². The molecule has 1 amide bonds. The summed E-state index contributed by atoms with van der Waals surface area (Å²) in [4.78, 5) is 14.9. The van der Waals surface area contributed by atoms with Gasteiger partial charge in [-0.25, -0.2) is 0 Å². The van der Waals surface area contributed by atoms with Crippen molar-refractivity contribution < 1.29 is 14.3 Å². The van der Waals surface area contributed by atoms with Crippen molar-refractivity contribution in [2.24, 2.45) is 0 Å². The van der Waals surface area contributed by atoms with Crippen LogP contribution in [0.25, 0.3) is 16.8 Å². The van der Waals surface area contributed by atoms with E-state index in [0.717, 1.165) is 17.5 Å². The predicted molar refractivity (Wildman–Crippen MR) is 136 cm³/mol. The Morgan fingerprint density at radius 3 is 2.62 bits per heavy atom. The maximum absolute atomic E-state index is 12.6. The zero-order valence-electron chi connectivity index (χ0n) is 18.2. The molecule has 0 bridgehead atoms. The van der Waals surface area contributed by atoms with E-state index in [1.807, 2.05) is 56.3 Å². The molecule has 1 heterocycles. The smallest absolute Gasteiger partial charge is 0.266 e. The topological polar surface area (TPSA) is 38.8 Å². The minimum Gasteiger partial charge on any atom is -0.490 e. The summed E-state index contributed by atoms with van der Waals surface area (Å²) in [5.74, 6) is 1.30. The van der Waals surface area contributed by atoms with Gasteiger partial charge < -0.3 is 9.47 Å². The van der Waals surface area contributed by atoms with E-state index in [4.69, 9.17) is 21.7 Å². The van der Waals surface area contributed by atoms with Crippen LogP contribution in [0.3, 0.4) is 0 Å². The second-order valence-corrected chi connectivity index (χ2v) is 9.08. The van der Waals surface area contributed by atoms with Gasteiger partial charge in [-0.3, -0.25) is 9.69 Å². The molecule has 0 saturated carbocycles. The molecule has 4 rings (SSSR count). The largest absolute Gasteiger partial charge is 0.490 e. The predicted octanol–water partition coefficient (Wildman–Crippen LogP) is 6.43. The van der Waals surface area contributed by atoms with Crippen LogP contribution < -0.4 is 9.47 Å². The maximum Gasteiger partial charge on any atom is 0.266 e. The number of hydrogen-bond acceptors (Lipinski definition) is 5. The summed E-state index contributed by atoms with van der Waals surface area (Å²) in [5.41, 5.74) is 2.00. The number of benzene rings is 3. The molecule has 6 heteroatoms. The van der Waals surface area contributed by atoms with E-state index in [2.05, 4.69) is 24.3 Å². The van der Waals surface area contributed by atoms with Gasteiger partial charge in [-0.05, 0) is 53.5 Å². The van der Waals surface area contributed by atoms with Crippen molar-refractivity contribution in [3.05, 3.63) is 76.7 Å². The summed E-state index contributed by atoms with van der Waals surface area (Å²) in [7, 11) is 0. The Bertz CT molecular complexity index is 1180. The minimum atomic E-state index is -0.0314. The highest BCUT2D eigenvalue weighted by molar-refractivity contribution is 8.26. The summed E-state index contributed by atoms with van der Waals surface area (Å²) < 4.78 is 12.6. The molecule has 4 nitrogen and oxygen atoms in total. The molecule has 0 aromatic heterocycles. The number of ether oxygens (including phenoxy) is 2. The monoisotopic (exact) mass is 463 g/mol. The first-order valence-corrected chi connectivity index (χ1v) is 11.9. The molecule has 1 saturated heterocycles. The molecule has 1 aliphatic heterocycles.